The van der Waals surface area contributed by atoms with E-state index in [1.807, 2.05) is 6.92 Å². The number of nitrogens with zero attached hydrogens (tertiary/aromatic N) is 1. The van der Waals surface area contributed by atoms with Crippen LogP contribution in [0.3, 0.4) is 0 Å². The predicted octanol–water partition coefficient (Wildman–Crippen LogP) is 0.165. The van der Waals surface area contributed by atoms with Crippen LogP contribution in [0.4, 0.5) is 0 Å². The number of nitrogens with one attached hydrogen (secondary N) is 1. The number of aliphatic carboxylic acids is 1. The zero-order chi connectivity index (χ0) is 12.1. The van der Waals surface area contributed by atoms with Crippen molar-refractivity contribution in [1.29, 1.82) is 0 Å². The topological polar surface area (TPSA) is 69.6 Å². The normalized spacial score (nSPS) is 25.6. The minimum Gasteiger partial charge on any atom is -0.481 e. The van der Waals surface area contributed by atoms with Crippen LogP contribution in [0.2, 0.25) is 0 Å². The lowest BCUT2D eigenvalue weighted by molar-refractivity contribution is -0.142. The molecule has 2 atom stereocenters. The molecule has 0 spiro atoms. The maximum atomic E-state index is 11.0. The standard InChI is InChI=1S/C11H20N2O3/c1-8-6-13(7-9(8)11(15)16)5-3-4-10(14)12-2/h8-9H,3-7H2,1-2H3,(H,12,14)(H,15,16)/t8-,9-/m1/s1. The molecule has 0 saturated carbocycles. The summed E-state index contributed by atoms with van der Waals surface area (Å²) in [6.45, 7) is 4.22. The van der Waals surface area contributed by atoms with Gasteiger partial charge in [0.25, 0.3) is 0 Å². The van der Waals surface area contributed by atoms with Gasteiger partial charge in [0.1, 0.15) is 0 Å². The number of hydrogen-bond donors (Lipinski definition) is 2. The van der Waals surface area contributed by atoms with Crippen molar-refractivity contribution >= 4 is 11.9 Å². The fraction of sp³-hybridized carbons (Fsp3) is 0.818. The second-order valence-corrected chi connectivity index (χ2v) is 4.46. The average molecular weight is 228 g/mol. The van der Waals surface area contributed by atoms with Crippen LogP contribution in [0.25, 0.3) is 0 Å². The van der Waals surface area contributed by atoms with E-state index < -0.39 is 5.97 Å². The molecule has 0 bridgehead atoms. The van der Waals surface area contributed by atoms with Gasteiger partial charge in [-0.15, -0.1) is 0 Å². The molecular formula is C11H20N2O3. The van der Waals surface area contributed by atoms with Crippen LogP contribution in [0.1, 0.15) is 19.8 Å². The zero-order valence-corrected chi connectivity index (χ0v) is 9.90. The Bertz CT molecular complexity index is 268. The third kappa shape index (κ3) is 3.48. The highest BCUT2D eigenvalue weighted by Crippen LogP contribution is 2.23. The lowest BCUT2D eigenvalue weighted by atomic mass is 9.99. The van der Waals surface area contributed by atoms with Crippen molar-refractivity contribution in [2.24, 2.45) is 11.8 Å². The van der Waals surface area contributed by atoms with Crippen LogP contribution in [-0.2, 0) is 9.59 Å². The number of carbonyl (C=O) groups excluding carboxylic acids is 1. The van der Waals surface area contributed by atoms with E-state index in [2.05, 4.69) is 10.2 Å². The summed E-state index contributed by atoms with van der Waals surface area (Å²) in [5, 5.41) is 11.5. The minimum atomic E-state index is -0.707. The number of carbonyl (C=O) groups is 2. The summed E-state index contributed by atoms with van der Waals surface area (Å²) in [5.41, 5.74) is 0. The van der Waals surface area contributed by atoms with Crippen LogP contribution >= 0.6 is 0 Å². The van der Waals surface area contributed by atoms with E-state index in [4.69, 9.17) is 5.11 Å². The molecule has 92 valence electrons. The van der Waals surface area contributed by atoms with Gasteiger partial charge >= 0.3 is 5.97 Å². The molecule has 0 aromatic heterocycles. The Morgan fingerprint density at radius 3 is 2.62 bits per heavy atom. The number of rotatable bonds is 5. The summed E-state index contributed by atoms with van der Waals surface area (Å²) in [5.74, 6) is -0.708. The predicted molar refractivity (Wildman–Crippen MR) is 60.0 cm³/mol. The first-order valence-electron chi connectivity index (χ1n) is 5.70. The maximum absolute atomic E-state index is 11.0. The Labute approximate surface area is 95.8 Å². The first-order valence-corrected chi connectivity index (χ1v) is 5.70. The first-order chi connectivity index (χ1) is 7.54. The fourth-order valence-electron chi connectivity index (χ4n) is 2.16. The molecule has 0 unspecified atom stereocenters. The highest BCUT2D eigenvalue weighted by molar-refractivity contribution is 5.75. The van der Waals surface area contributed by atoms with Crippen molar-refractivity contribution in [1.82, 2.24) is 10.2 Å². The number of carboxylic acid groups (broad SMARTS) is 1. The van der Waals surface area contributed by atoms with Gasteiger partial charge in [0.05, 0.1) is 5.92 Å². The molecule has 5 nitrogen and oxygen atoms in total. The van der Waals surface area contributed by atoms with Crippen LogP contribution in [-0.4, -0.2) is 48.6 Å². The number of hydrogen-bond acceptors (Lipinski definition) is 3. The van der Waals surface area contributed by atoms with E-state index in [9.17, 15) is 9.59 Å². The average Bonchev–Trinajstić information content (AvgIpc) is 2.59. The van der Waals surface area contributed by atoms with Gasteiger partial charge < -0.3 is 15.3 Å². The summed E-state index contributed by atoms with van der Waals surface area (Å²) in [4.78, 5) is 24.0. The van der Waals surface area contributed by atoms with Gasteiger partial charge in [-0.05, 0) is 18.9 Å². The molecule has 0 aromatic rings. The summed E-state index contributed by atoms with van der Waals surface area (Å²) >= 11 is 0. The summed E-state index contributed by atoms with van der Waals surface area (Å²) in [7, 11) is 1.63. The molecule has 0 radical (unpaired) electrons. The molecule has 0 aromatic carbocycles. The van der Waals surface area contributed by atoms with Crippen molar-refractivity contribution in [3.63, 3.8) is 0 Å². The molecule has 2 N–H and O–H groups in total. The lowest BCUT2D eigenvalue weighted by Crippen LogP contribution is -2.26. The number of carboxylic acids is 1. The SMILES string of the molecule is CNC(=O)CCCN1C[C@@H](C)[C@H](C(=O)O)C1. The van der Waals surface area contributed by atoms with E-state index in [0.717, 1.165) is 19.5 Å². The van der Waals surface area contributed by atoms with Crippen molar-refractivity contribution in [3.8, 4) is 0 Å². The third-order valence-electron chi connectivity index (χ3n) is 3.16. The van der Waals surface area contributed by atoms with Crippen LogP contribution in [0.15, 0.2) is 0 Å². The fourth-order valence-corrected chi connectivity index (χ4v) is 2.16. The number of amides is 1. The van der Waals surface area contributed by atoms with Gasteiger partial charge in [-0.3, -0.25) is 9.59 Å². The summed E-state index contributed by atoms with van der Waals surface area (Å²) in [6.07, 6.45) is 1.30. The molecule has 1 saturated heterocycles. The summed E-state index contributed by atoms with van der Waals surface area (Å²) in [6, 6.07) is 0. The number of likely N-dealkylation sites (tertiary alicyclic amines) is 1. The molecule has 16 heavy (non-hydrogen) atoms. The molecular weight excluding hydrogens is 208 g/mol. The summed E-state index contributed by atoms with van der Waals surface area (Å²) < 4.78 is 0. The lowest BCUT2D eigenvalue weighted by Gasteiger charge is -2.14. The second-order valence-electron chi connectivity index (χ2n) is 4.46. The monoisotopic (exact) mass is 228 g/mol. The Hall–Kier alpha value is -1.10. The van der Waals surface area contributed by atoms with Gasteiger partial charge in [0.2, 0.25) is 5.91 Å². The quantitative estimate of drug-likeness (QED) is 0.703. The molecule has 1 aliphatic rings. The van der Waals surface area contributed by atoms with E-state index in [-0.39, 0.29) is 17.7 Å². The molecule has 1 fully saturated rings. The van der Waals surface area contributed by atoms with Crippen molar-refractivity contribution in [2.45, 2.75) is 19.8 Å². The molecule has 1 rings (SSSR count). The molecule has 1 amide bonds. The van der Waals surface area contributed by atoms with Gasteiger partial charge in [-0.25, -0.2) is 0 Å². The Kier molecular flexibility index (Phi) is 4.73. The van der Waals surface area contributed by atoms with Gasteiger partial charge in [0.15, 0.2) is 0 Å². The Morgan fingerprint density at radius 2 is 2.12 bits per heavy atom. The van der Waals surface area contributed by atoms with E-state index in [1.54, 1.807) is 7.05 Å². The first kappa shape index (κ1) is 13.0. The van der Waals surface area contributed by atoms with Crippen molar-refractivity contribution < 1.29 is 14.7 Å². The van der Waals surface area contributed by atoms with Gasteiger partial charge in [-0.2, -0.15) is 0 Å². The molecule has 0 aliphatic carbocycles. The highest BCUT2D eigenvalue weighted by Gasteiger charge is 2.34. The third-order valence-corrected chi connectivity index (χ3v) is 3.16. The zero-order valence-electron chi connectivity index (χ0n) is 9.90. The van der Waals surface area contributed by atoms with Crippen LogP contribution in [0, 0.1) is 11.8 Å². The minimum absolute atomic E-state index is 0.0435. The molecule has 1 aliphatic heterocycles. The van der Waals surface area contributed by atoms with Gasteiger partial charge in [-0.1, -0.05) is 6.92 Å². The Balaban J connectivity index is 2.25. The van der Waals surface area contributed by atoms with E-state index in [1.165, 1.54) is 0 Å². The van der Waals surface area contributed by atoms with E-state index in [0.29, 0.717) is 13.0 Å². The molecule has 1 heterocycles. The van der Waals surface area contributed by atoms with Crippen molar-refractivity contribution in [3.05, 3.63) is 0 Å². The Morgan fingerprint density at radius 1 is 1.44 bits per heavy atom. The maximum Gasteiger partial charge on any atom is 0.308 e. The van der Waals surface area contributed by atoms with Crippen molar-refractivity contribution in [2.75, 3.05) is 26.7 Å². The second kappa shape index (κ2) is 5.84. The van der Waals surface area contributed by atoms with Crippen LogP contribution < -0.4 is 5.32 Å². The largest absolute Gasteiger partial charge is 0.481 e. The smallest absolute Gasteiger partial charge is 0.308 e. The van der Waals surface area contributed by atoms with Gasteiger partial charge in [0, 0.05) is 26.6 Å². The highest BCUT2D eigenvalue weighted by atomic mass is 16.4. The molecule has 5 heteroatoms. The van der Waals surface area contributed by atoms with E-state index >= 15 is 0 Å². The van der Waals surface area contributed by atoms with Crippen LogP contribution in [0.5, 0.6) is 0 Å².